The molecule has 0 fully saturated rings. The summed E-state index contributed by atoms with van der Waals surface area (Å²) in [4.78, 5) is 7.33. The van der Waals surface area contributed by atoms with Crippen molar-refractivity contribution in [2.75, 3.05) is 0 Å². The lowest BCUT2D eigenvalue weighted by atomic mass is 9.99. The highest BCUT2D eigenvalue weighted by molar-refractivity contribution is 9.10. The van der Waals surface area contributed by atoms with Crippen LogP contribution in [0.15, 0.2) is 23.1 Å². The fourth-order valence-corrected chi connectivity index (χ4v) is 2.00. The molecule has 0 bridgehead atoms. The summed E-state index contributed by atoms with van der Waals surface area (Å²) in [6.07, 6.45) is 1.85. The van der Waals surface area contributed by atoms with Gasteiger partial charge in [0.25, 0.3) is 0 Å². The molecule has 15 heavy (non-hydrogen) atoms. The van der Waals surface area contributed by atoms with Gasteiger partial charge in [0.1, 0.15) is 0 Å². The molecule has 2 aromatic rings. The molecule has 0 atom stereocenters. The van der Waals surface area contributed by atoms with Crippen LogP contribution in [0.3, 0.4) is 0 Å². The zero-order chi connectivity index (χ0) is 11.0. The van der Waals surface area contributed by atoms with Crippen molar-refractivity contribution in [2.24, 2.45) is 0 Å². The third kappa shape index (κ3) is 1.97. The van der Waals surface area contributed by atoms with Crippen molar-refractivity contribution < 1.29 is 0 Å². The first-order valence-corrected chi connectivity index (χ1v) is 5.66. The smallest absolute Gasteiger partial charge is 0.174 e. The van der Waals surface area contributed by atoms with Gasteiger partial charge in [0, 0.05) is 5.56 Å². The molecule has 0 saturated carbocycles. The van der Waals surface area contributed by atoms with E-state index in [1.165, 1.54) is 22.3 Å². The Morgan fingerprint density at radius 2 is 1.73 bits per heavy atom. The number of rotatable bonds is 1. The minimum atomic E-state index is 0.773. The zero-order valence-electron chi connectivity index (χ0n) is 9.06. The van der Waals surface area contributed by atoms with E-state index in [1.54, 1.807) is 0 Å². The van der Waals surface area contributed by atoms with Gasteiger partial charge >= 0.3 is 0 Å². The highest BCUT2D eigenvalue weighted by Crippen LogP contribution is 2.25. The van der Waals surface area contributed by atoms with E-state index >= 15 is 0 Å². The Labute approximate surface area is 97.9 Å². The number of nitrogens with zero attached hydrogens (tertiary/aromatic N) is 1. The van der Waals surface area contributed by atoms with Crippen LogP contribution in [-0.4, -0.2) is 9.97 Å². The molecule has 0 amide bonds. The van der Waals surface area contributed by atoms with E-state index in [-0.39, 0.29) is 0 Å². The average molecular weight is 265 g/mol. The molecule has 3 heteroatoms. The minimum Gasteiger partial charge on any atom is -0.333 e. The highest BCUT2D eigenvalue weighted by atomic mass is 79.9. The SMILES string of the molecule is Cc1cc(C)c(-c2cnc(Br)[nH]2)cc1C. The number of aryl methyl sites for hydroxylation is 3. The first kappa shape index (κ1) is 10.4. The summed E-state index contributed by atoms with van der Waals surface area (Å²) in [5.41, 5.74) is 6.18. The Hall–Kier alpha value is -1.09. The van der Waals surface area contributed by atoms with Crippen LogP contribution < -0.4 is 0 Å². The van der Waals surface area contributed by atoms with Crippen molar-refractivity contribution in [3.63, 3.8) is 0 Å². The van der Waals surface area contributed by atoms with Gasteiger partial charge in [-0.25, -0.2) is 4.98 Å². The predicted molar refractivity (Wildman–Crippen MR) is 65.9 cm³/mol. The van der Waals surface area contributed by atoms with E-state index < -0.39 is 0 Å². The summed E-state index contributed by atoms with van der Waals surface area (Å²) >= 11 is 3.32. The number of H-pyrrole nitrogens is 1. The molecule has 78 valence electrons. The minimum absolute atomic E-state index is 0.773. The van der Waals surface area contributed by atoms with Gasteiger partial charge in [-0.3, -0.25) is 0 Å². The number of imidazole rings is 1. The van der Waals surface area contributed by atoms with Crippen molar-refractivity contribution in [2.45, 2.75) is 20.8 Å². The van der Waals surface area contributed by atoms with Gasteiger partial charge in [0.2, 0.25) is 0 Å². The molecule has 0 unspecified atom stereocenters. The van der Waals surface area contributed by atoms with Gasteiger partial charge in [-0.05, 0) is 59.5 Å². The van der Waals surface area contributed by atoms with Crippen LogP contribution in [-0.2, 0) is 0 Å². The molecular weight excluding hydrogens is 252 g/mol. The Morgan fingerprint density at radius 1 is 1.07 bits per heavy atom. The van der Waals surface area contributed by atoms with Crippen molar-refractivity contribution in [1.29, 1.82) is 0 Å². The van der Waals surface area contributed by atoms with Gasteiger partial charge in [-0.15, -0.1) is 0 Å². The summed E-state index contributed by atoms with van der Waals surface area (Å²) in [5.74, 6) is 0. The topological polar surface area (TPSA) is 28.7 Å². The third-order valence-corrected chi connectivity index (χ3v) is 3.08. The van der Waals surface area contributed by atoms with Crippen LogP contribution in [0.1, 0.15) is 16.7 Å². The normalized spacial score (nSPS) is 10.7. The molecule has 0 aliphatic rings. The van der Waals surface area contributed by atoms with E-state index in [0.717, 1.165) is 10.4 Å². The average Bonchev–Trinajstić information content (AvgIpc) is 2.58. The molecule has 0 spiro atoms. The Bertz CT molecular complexity index is 500. The molecular formula is C12H13BrN2. The maximum Gasteiger partial charge on any atom is 0.174 e. The number of aromatic amines is 1. The van der Waals surface area contributed by atoms with Gasteiger partial charge in [-0.1, -0.05) is 6.07 Å². The predicted octanol–water partition coefficient (Wildman–Crippen LogP) is 3.76. The number of benzene rings is 1. The van der Waals surface area contributed by atoms with E-state index in [4.69, 9.17) is 0 Å². The van der Waals surface area contributed by atoms with Crippen LogP contribution >= 0.6 is 15.9 Å². The molecule has 1 aromatic carbocycles. The lowest BCUT2D eigenvalue weighted by Gasteiger charge is -2.07. The molecule has 0 radical (unpaired) electrons. The van der Waals surface area contributed by atoms with Gasteiger partial charge < -0.3 is 4.98 Å². The van der Waals surface area contributed by atoms with E-state index in [9.17, 15) is 0 Å². The van der Waals surface area contributed by atoms with Crippen molar-refractivity contribution in [3.8, 4) is 11.3 Å². The first-order chi connectivity index (χ1) is 7.08. The third-order valence-electron chi connectivity index (χ3n) is 2.68. The second-order valence-electron chi connectivity index (χ2n) is 3.84. The molecule has 0 aliphatic heterocycles. The fraction of sp³-hybridized carbons (Fsp3) is 0.250. The summed E-state index contributed by atoms with van der Waals surface area (Å²) in [6.45, 7) is 6.38. The number of halogens is 1. The van der Waals surface area contributed by atoms with Crippen molar-refractivity contribution >= 4 is 15.9 Å². The molecule has 2 rings (SSSR count). The maximum absolute atomic E-state index is 4.15. The number of hydrogen-bond donors (Lipinski definition) is 1. The monoisotopic (exact) mass is 264 g/mol. The second kappa shape index (κ2) is 3.81. The molecule has 1 aromatic heterocycles. The first-order valence-electron chi connectivity index (χ1n) is 4.86. The van der Waals surface area contributed by atoms with E-state index in [1.807, 2.05) is 6.20 Å². The summed E-state index contributed by atoms with van der Waals surface area (Å²) in [6, 6.07) is 4.41. The molecule has 0 aliphatic carbocycles. The maximum atomic E-state index is 4.15. The van der Waals surface area contributed by atoms with Crippen LogP contribution in [0.4, 0.5) is 0 Å². The lowest BCUT2D eigenvalue weighted by Crippen LogP contribution is -1.88. The standard InChI is InChI=1S/C12H13BrN2/c1-7-4-9(3)10(5-8(7)2)11-6-14-12(13)15-11/h4-6H,1-3H3,(H,14,15). The molecule has 0 saturated heterocycles. The van der Waals surface area contributed by atoms with E-state index in [2.05, 4.69) is 58.8 Å². The fourth-order valence-electron chi connectivity index (χ4n) is 1.68. The number of nitrogens with one attached hydrogen (secondary N) is 1. The van der Waals surface area contributed by atoms with E-state index in [0.29, 0.717) is 0 Å². The Kier molecular flexibility index (Phi) is 2.65. The van der Waals surface area contributed by atoms with Crippen LogP contribution in [0.25, 0.3) is 11.3 Å². The molecule has 1 N–H and O–H groups in total. The molecule has 2 nitrogen and oxygen atoms in total. The van der Waals surface area contributed by atoms with Gasteiger partial charge in [0.05, 0.1) is 11.9 Å². The lowest BCUT2D eigenvalue weighted by molar-refractivity contribution is 1.23. The summed E-state index contributed by atoms with van der Waals surface area (Å²) < 4.78 is 0.773. The Balaban J connectivity index is 2.58. The number of aromatic nitrogens is 2. The largest absolute Gasteiger partial charge is 0.333 e. The summed E-state index contributed by atoms with van der Waals surface area (Å²) in [5, 5.41) is 0. The number of hydrogen-bond acceptors (Lipinski definition) is 1. The second-order valence-corrected chi connectivity index (χ2v) is 4.59. The van der Waals surface area contributed by atoms with Crippen LogP contribution in [0.5, 0.6) is 0 Å². The summed E-state index contributed by atoms with van der Waals surface area (Å²) in [7, 11) is 0. The van der Waals surface area contributed by atoms with Crippen LogP contribution in [0, 0.1) is 20.8 Å². The van der Waals surface area contributed by atoms with Crippen LogP contribution in [0.2, 0.25) is 0 Å². The zero-order valence-corrected chi connectivity index (χ0v) is 10.6. The Morgan fingerprint density at radius 3 is 2.33 bits per heavy atom. The van der Waals surface area contributed by atoms with Crippen molar-refractivity contribution in [1.82, 2.24) is 9.97 Å². The van der Waals surface area contributed by atoms with Crippen molar-refractivity contribution in [3.05, 3.63) is 39.8 Å². The van der Waals surface area contributed by atoms with Gasteiger partial charge in [0.15, 0.2) is 4.73 Å². The quantitative estimate of drug-likeness (QED) is 0.835. The highest BCUT2D eigenvalue weighted by Gasteiger charge is 2.06. The van der Waals surface area contributed by atoms with Gasteiger partial charge in [-0.2, -0.15) is 0 Å². The molecule has 1 heterocycles.